The molecule has 0 bridgehead atoms. The van der Waals surface area contributed by atoms with Crippen LogP contribution >= 0.6 is 11.3 Å². The Kier molecular flexibility index (Phi) is 5.63. The Bertz CT molecular complexity index is 657. The van der Waals surface area contributed by atoms with Gasteiger partial charge in [0.25, 0.3) is 0 Å². The molecule has 0 saturated carbocycles. The summed E-state index contributed by atoms with van der Waals surface area (Å²) in [6, 6.07) is 6.71. The molecule has 1 atom stereocenters. The number of nitrogens with one attached hydrogen (secondary N) is 2. The number of thiazole rings is 1. The fourth-order valence-corrected chi connectivity index (χ4v) is 3.08. The average Bonchev–Trinajstić information content (AvgIpc) is 2.81. The molecule has 4 nitrogen and oxygen atoms in total. The third-order valence-corrected chi connectivity index (χ3v) is 4.46. The lowest BCUT2D eigenvalue weighted by Crippen LogP contribution is -2.28. The third kappa shape index (κ3) is 4.11. The summed E-state index contributed by atoms with van der Waals surface area (Å²) in [5.41, 5.74) is 1.46. The Morgan fingerprint density at radius 1 is 1.41 bits per heavy atom. The van der Waals surface area contributed by atoms with Crippen LogP contribution in [0.25, 0.3) is 0 Å². The maximum Gasteiger partial charge on any atom is 0.230 e. The van der Waals surface area contributed by atoms with Crippen molar-refractivity contribution < 1.29 is 9.18 Å². The van der Waals surface area contributed by atoms with E-state index < -0.39 is 0 Å². The normalized spacial score (nSPS) is 12.2. The number of hydrogen-bond donors (Lipinski definition) is 2. The van der Waals surface area contributed by atoms with Crippen molar-refractivity contribution in [2.45, 2.75) is 20.3 Å². The molecule has 0 saturated heterocycles. The highest BCUT2D eigenvalue weighted by molar-refractivity contribution is 7.15. The van der Waals surface area contributed by atoms with Crippen LogP contribution in [0.4, 0.5) is 9.52 Å². The molecule has 2 aromatic rings. The van der Waals surface area contributed by atoms with Crippen LogP contribution in [-0.2, 0) is 11.2 Å². The van der Waals surface area contributed by atoms with E-state index in [0.29, 0.717) is 23.7 Å². The first-order valence-corrected chi connectivity index (χ1v) is 7.98. The lowest BCUT2D eigenvalue weighted by Gasteiger charge is -2.09. The molecule has 1 aromatic heterocycles. The third-order valence-electron chi connectivity index (χ3n) is 3.39. The van der Waals surface area contributed by atoms with Crippen molar-refractivity contribution in [3.63, 3.8) is 0 Å². The Hall–Kier alpha value is -1.79. The highest BCUT2D eigenvalue weighted by Gasteiger charge is 2.16. The Morgan fingerprint density at radius 2 is 2.14 bits per heavy atom. The number of carbonyl (C=O) groups excluding carboxylic acids is 1. The zero-order valence-corrected chi connectivity index (χ0v) is 13.8. The highest BCUT2D eigenvalue weighted by Crippen LogP contribution is 2.26. The van der Waals surface area contributed by atoms with Gasteiger partial charge in [0.15, 0.2) is 5.13 Å². The number of rotatable bonds is 6. The first kappa shape index (κ1) is 16.6. The van der Waals surface area contributed by atoms with Crippen molar-refractivity contribution >= 4 is 22.4 Å². The Labute approximate surface area is 133 Å². The summed E-state index contributed by atoms with van der Waals surface area (Å²) in [7, 11) is 1.81. The summed E-state index contributed by atoms with van der Waals surface area (Å²) in [5.74, 6) is -0.423. The number of aromatic nitrogens is 1. The van der Waals surface area contributed by atoms with Gasteiger partial charge in [-0.05, 0) is 25.6 Å². The molecule has 0 aliphatic rings. The smallest absolute Gasteiger partial charge is 0.230 e. The van der Waals surface area contributed by atoms with Gasteiger partial charge in [-0.2, -0.15) is 0 Å². The second-order valence-electron chi connectivity index (χ2n) is 5.24. The van der Waals surface area contributed by atoms with Crippen molar-refractivity contribution in [3.05, 3.63) is 46.2 Å². The molecule has 6 heteroatoms. The topological polar surface area (TPSA) is 54.0 Å². The van der Waals surface area contributed by atoms with E-state index in [1.807, 2.05) is 27.0 Å². The number of anilines is 1. The fourth-order valence-electron chi connectivity index (χ4n) is 2.09. The van der Waals surface area contributed by atoms with Crippen LogP contribution in [0.5, 0.6) is 0 Å². The zero-order valence-electron chi connectivity index (χ0n) is 12.9. The SMILES string of the molecule is CNCC(C)C(=O)Nc1nc(C)c(Cc2ccccc2F)s1. The second-order valence-corrected chi connectivity index (χ2v) is 6.33. The maximum absolute atomic E-state index is 13.7. The van der Waals surface area contributed by atoms with E-state index in [9.17, 15) is 9.18 Å². The number of benzene rings is 1. The van der Waals surface area contributed by atoms with Crippen molar-refractivity contribution in [2.75, 3.05) is 18.9 Å². The number of hydrogen-bond acceptors (Lipinski definition) is 4. The molecule has 22 heavy (non-hydrogen) atoms. The number of halogens is 1. The van der Waals surface area contributed by atoms with Gasteiger partial charge in [-0.25, -0.2) is 9.37 Å². The van der Waals surface area contributed by atoms with Crippen molar-refractivity contribution in [1.82, 2.24) is 10.3 Å². The molecule has 1 aromatic carbocycles. The van der Waals surface area contributed by atoms with Crippen LogP contribution in [0.2, 0.25) is 0 Å². The summed E-state index contributed by atoms with van der Waals surface area (Å²) in [5, 5.41) is 6.36. The summed E-state index contributed by atoms with van der Waals surface area (Å²) < 4.78 is 13.7. The Morgan fingerprint density at radius 3 is 2.82 bits per heavy atom. The minimum atomic E-state index is -0.219. The number of nitrogens with zero attached hydrogens (tertiary/aromatic N) is 1. The van der Waals surface area contributed by atoms with Crippen LogP contribution in [-0.4, -0.2) is 24.5 Å². The summed E-state index contributed by atoms with van der Waals surface area (Å²) in [6.45, 7) is 4.34. The lowest BCUT2D eigenvalue weighted by atomic mass is 10.1. The molecule has 0 fully saturated rings. The monoisotopic (exact) mass is 321 g/mol. The number of carbonyl (C=O) groups is 1. The van der Waals surface area contributed by atoms with Gasteiger partial charge in [-0.1, -0.05) is 25.1 Å². The second kappa shape index (κ2) is 7.47. The molecule has 2 rings (SSSR count). The molecule has 1 amide bonds. The van der Waals surface area contributed by atoms with E-state index in [4.69, 9.17) is 0 Å². The molecule has 0 radical (unpaired) electrons. The van der Waals surface area contributed by atoms with E-state index in [0.717, 1.165) is 10.6 Å². The average molecular weight is 321 g/mol. The standard InChI is InChI=1S/C16H20FN3OS/c1-10(9-18-3)15(21)20-16-19-11(2)14(22-16)8-12-6-4-5-7-13(12)17/h4-7,10,18H,8-9H2,1-3H3,(H,19,20,21). The summed E-state index contributed by atoms with van der Waals surface area (Å²) >= 11 is 1.40. The molecule has 0 aliphatic carbocycles. The van der Waals surface area contributed by atoms with Crippen LogP contribution in [0, 0.1) is 18.7 Å². The first-order chi connectivity index (χ1) is 10.5. The van der Waals surface area contributed by atoms with E-state index in [1.54, 1.807) is 12.1 Å². The quantitative estimate of drug-likeness (QED) is 0.860. The van der Waals surface area contributed by atoms with Gasteiger partial charge in [-0.15, -0.1) is 11.3 Å². The van der Waals surface area contributed by atoms with Crippen LogP contribution in [0.3, 0.4) is 0 Å². The molecular weight excluding hydrogens is 301 g/mol. The number of amides is 1. The number of aryl methyl sites for hydroxylation is 1. The van der Waals surface area contributed by atoms with E-state index in [2.05, 4.69) is 15.6 Å². The molecule has 0 aliphatic heterocycles. The van der Waals surface area contributed by atoms with Gasteiger partial charge in [0.1, 0.15) is 5.82 Å². The van der Waals surface area contributed by atoms with Crippen LogP contribution < -0.4 is 10.6 Å². The molecule has 0 spiro atoms. The van der Waals surface area contributed by atoms with Gasteiger partial charge in [-0.3, -0.25) is 4.79 Å². The summed E-state index contributed by atoms with van der Waals surface area (Å²) in [4.78, 5) is 17.3. The molecule has 1 unspecified atom stereocenters. The van der Waals surface area contributed by atoms with Gasteiger partial charge >= 0.3 is 0 Å². The van der Waals surface area contributed by atoms with Gasteiger partial charge in [0, 0.05) is 23.8 Å². The minimum Gasteiger partial charge on any atom is -0.319 e. The molecule has 1 heterocycles. The zero-order chi connectivity index (χ0) is 16.1. The largest absolute Gasteiger partial charge is 0.319 e. The first-order valence-electron chi connectivity index (χ1n) is 7.16. The van der Waals surface area contributed by atoms with E-state index in [-0.39, 0.29) is 17.6 Å². The van der Waals surface area contributed by atoms with Gasteiger partial charge in [0.05, 0.1) is 5.69 Å². The molecule has 2 N–H and O–H groups in total. The molecule has 118 valence electrons. The van der Waals surface area contributed by atoms with E-state index >= 15 is 0 Å². The lowest BCUT2D eigenvalue weighted by molar-refractivity contribution is -0.119. The van der Waals surface area contributed by atoms with E-state index in [1.165, 1.54) is 17.4 Å². The Balaban J connectivity index is 2.08. The maximum atomic E-state index is 13.7. The summed E-state index contributed by atoms with van der Waals surface area (Å²) in [6.07, 6.45) is 0.484. The van der Waals surface area contributed by atoms with Gasteiger partial charge in [0.2, 0.25) is 5.91 Å². The minimum absolute atomic E-state index is 0.0689. The van der Waals surface area contributed by atoms with Gasteiger partial charge < -0.3 is 10.6 Å². The predicted octanol–water partition coefficient (Wildman–Crippen LogP) is 2.98. The fraction of sp³-hybridized carbons (Fsp3) is 0.375. The predicted molar refractivity (Wildman–Crippen MR) is 87.8 cm³/mol. The van der Waals surface area contributed by atoms with Crippen molar-refractivity contribution in [3.8, 4) is 0 Å². The highest BCUT2D eigenvalue weighted by atomic mass is 32.1. The van der Waals surface area contributed by atoms with Crippen molar-refractivity contribution in [1.29, 1.82) is 0 Å². The van der Waals surface area contributed by atoms with Crippen LogP contribution in [0.15, 0.2) is 24.3 Å². The van der Waals surface area contributed by atoms with Crippen LogP contribution in [0.1, 0.15) is 23.1 Å². The molecular formula is C16H20FN3OS. The van der Waals surface area contributed by atoms with Crippen molar-refractivity contribution in [2.24, 2.45) is 5.92 Å².